The average Bonchev–Trinajstić information content (AvgIpc) is 3.20. The van der Waals surface area contributed by atoms with Crippen LogP contribution in [-0.2, 0) is 16.6 Å². The van der Waals surface area contributed by atoms with Crippen molar-refractivity contribution in [3.05, 3.63) is 47.5 Å². The van der Waals surface area contributed by atoms with Crippen molar-refractivity contribution < 1.29 is 17.9 Å². The fraction of sp³-hybridized carbons (Fsp3) is 0.474. The number of piperidine rings is 1. The van der Waals surface area contributed by atoms with Gasteiger partial charge in [0.15, 0.2) is 0 Å². The molecule has 1 saturated heterocycles. The van der Waals surface area contributed by atoms with Crippen molar-refractivity contribution in [1.29, 1.82) is 0 Å². The third kappa shape index (κ3) is 5.71. The topological polar surface area (TPSA) is 84.7 Å². The molecule has 1 amide bonds. The van der Waals surface area contributed by atoms with E-state index in [9.17, 15) is 13.2 Å². The molecule has 3 rings (SSSR count). The number of amides is 1. The Hall–Kier alpha value is -2.10. The number of nitrogens with zero attached hydrogens (tertiary/aromatic N) is 4. The summed E-state index contributed by atoms with van der Waals surface area (Å²) in [5.74, 6) is 0.377. The zero-order chi connectivity index (χ0) is 21.0. The molecule has 1 aliphatic rings. The Bertz CT molecular complexity index is 941. The van der Waals surface area contributed by atoms with Gasteiger partial charge in [0.2, 0.25) is 10.0 Å². The fourth-order valence-corrected chi connectivity index (χ4v) is 4.30. The van der Waals surface area contributed by atoms with Gasteiger partial charge in [-0.15, -0.1) is 0 Å². The number of likely N-dealkylation sites (N-methyl/N-ethyl adjacent to an activating group) is 1. The number of hydrogen-bond acceptors (Lipinski definition) is 5. The summed E-state index contributed by atoms with van der Waals surface area (Å²) in [6.45, 7) is 2.06. The molecule has 0 bridgehead atoms. The van der Waals surface area contributed by atoms with Crippen molar-refractivity contribution in [2.24, 2.45) is 0 Å². The van der Waals surface area contributed by atoms with Crippen LogP contribution in [-0.4, -0.2) is 72.1 Å². The molecule has 29 heavy (non-hydrogen) atoms. The van der Waals surface area contributed by atoms with Gasteiger partial charge in [-0.25, -0.2) is 17.7 Å². The first-order valence-electron chi connectivity index (χ1n) is 9.36. The largest absolute Gasteiger partial charge is 0.489 e. The lowest BCUT2D eigenvalue weighted by molar-refractivity contribution is 0.0790. The Labute approximate surface area is 176 Å². The summed E-state index contributed by atoms with van der Waals surface area (Å²) in [5, 5.41) is 0.365. The lowest BCUT2D eigenvalue weighted by atomic mass is 10.1. The monoisotopic (exact) mass is 440 g/mol. The highest BCUT2D eigenvalue weighted by Crippen LogP contribution is 2.29. The Morgan fingerprint density at radius 1 is 1.34 bits per heavy atom. The van der Waals surface area contributed by atoms with E-state index in [1.807, 2.05) is 10.8 Å². The first-order chi connectivity index (χ1) is 13.7. The predicted octanol–water partition coefficient (Wildman–Crippen LogP) is 2.11. The second-order valence-corrected chi connectivity index (χ2v) is 9.54. The molecule has 0 radical (unpaired) electrons. The zero-order valence-corrected chi connectivity index (χ0v) is 18.1. The molecule has 0 unspecified atom stereocenters. The van der Waals surface area contributed by atoms with E-state index in [0.29, 0.717) is 55.4 Å². The number of sulfonamides is 1. The maximum Gasteiger partial charge on any atom is 0.253 e. The number of halogens is 1. The van der Waals surface area contributed by atoms with E-state index in [4.69, 9.17) is 16.3 Å². The van der Waals surface area contributed by atoms with Crippen molar-refractivity contribution in [3.63, 3.8) is 0 Å². The van der Waals surface area contributed by atoms with Crippen LogP contribution in [0.4, 0.5) is 0 Å². The second-order valence-electron chi connectivity index (χ2n) is 7.15. The summed E-state index contributed by atoms with van der Waals surface area (Å²) in [7, 11) is -1.43. The first-order valence-corrected chi connectivity index (χ1v) is 11.6. The van der Waals surface area contributed by atoms with Crippen molar-refractivity contribution >= 4 is 27.5 Å². The molecular weight excluding hydrogens is 416 g/mol. The third-order valence-electron chi connectivity index (χ3n) is 4.94. The Morgan fingerprint density at radius 3 is 2.66 bits per heavy atom. The SMILES string of the molecule is CN(CCn1ccnc1)C(=O)c1ccc(OC2CCN(S(C)(=O)=O)CC2)c(Cl)c1. The van der Waals surface area contributed by atoms with Gasteiger partial charge in [0, 0.05) is 51.2 Å². The summed E-state index contributed by atoms with van der Waals surface area (Å²) >= 11 is 6.34. The lowest BCUT2D eigenvalue weighted by Crippen LogP contribution is -2.41. The Morgan fingerprint density at radius 2 is 2.07 bits per heavy atom. The Balaban J connectivity index is 1.56. The van der Waals surface area contributed by atoms with Gasteiger partial charge in [0.1, 0.15) is 11.9 Å². The highest BCUT2D eigenvalue weighted by atomic mass is 35.5. The maximum absolute atomic E-state index is 12.6. The number of carbonyl (C=O) groups excluding carboxylic acids is 1. The van der Waals surface area contributed by atoms with Gasteiger partial charge in [-0.2, -0.15) is 0 Å². The summed E-state index contributed by atoms with van der Waals surface area (Å²) in [5.41, 5.74) is 0.488. The lowest BCUT2D eigenvalue weighted by Gasteiger charge is -2.30. The minimum absolute atomic E-state index is 0.107. The molecule has 1 aliphatic heterocycles. The number of hydrogen-bond donors (Lipinski definition) is 0. The van der Waals surface area contributed by atoms with Crippen LogP contribution in [0.1, 0.15) is 23.2 Å². The van der Waals surface area contributed by atoms with Crippen LogP contribution >= 0.6 is 11.6 Å². The number of rotatable bonds is 7. The molecule has 0 saturated carbocycles. The van der Waals surface area contributed by atoms with Crippen molar-refractivity contribution in [2.45, 2.75) is 25.5 Å². The standard InChI is InChI=1S/C19H25ClN4O4S/c1-22(11-12-23-10-7-21-14-23)19(25)15-3-4-18(17(20)13-15)28-16-5-8-24(9-6-16)29(2,26)27/h3-4,7,10,13-14,16H,5-6,8-9,11-12H2,1-2H3. The highest BCUT2D eigenvalue weighted by molar-refractivity contribution is 7.88. The molecule has 1 aromatic carbocycles. The van der Waals surface area contributed by atoms with Crippen molar-refractivity contribution in [2.75, 3.05) is 32.9 Å². The number of carbonyl (C=O) groups is 1. The van der Waals surface area contributed by atoms with Gasteiger partial charge in [0.25, 0.3) is 5.91 Å². The summed E-state index contributed by atoms with van der Waals surface area (Å²) in [6.07, 6.45) is 7.56. The molecule has 2 aromatic rings. The van der Waals surface area contributed by atoms with Crippen LogP contribution < -0.4 is 4.74 Å². The van der Waals surface area contributed by atoms with Gasteiger partial charge < -0.3 is 14.2 Å². The molecule has 0 aliphatic carbocycles. The summed E-state index contributed by atoms with van der Waals surface area (Å²) in [6, 6.07) is 5.00. The van der Waals surface area contributed by atoms with Crippen molar-refractivity contribution in [3.8, 4) is 5.75 Å². The molecule has 10 heteroatoms. The molecule has 158 valence electrons. The fourth-order valence-electron chi connectivity index (χ4n) is 3.20. The third-order valence-corrected chi connectivity index (χ3v) is 6.54. The second kappa shape index (κ2) is 9.15. The minimum atomic E-state index is -3.17. The molecule has 8 nitrogen and oxygen atoms in total. The molecular formula is C19H25ClN4O4S. The molecule has 1 aromatic heterocycles. The van der Waals surface area contributed by atoms with Crippen LogP contribution in [0.25, 0.3) is 0 Å². The van der Waals surface area contributed by atoms with E-state index < -0.39 is 10.0 Å². The smallest absolute Gasteiger partial charge is 0.253 e. The van der Waals surface area contributed by atoms with E-state index in [1.54, 1.807) is 42.7 Å². The number of benzene rings is 1. The van der Waals surface area contributed by atoms with E-state index in [2.05, 4.69) is 4.98 Å². The molecule has 0 atom stereocenters. The van der Waals surface area contributed by atoms with Gasteiger partial charge in [-0.3, -0.25) is 4.79 Å². The number of ether oxygens (including phenoxy) is 1. The quantitative estimate of drug-likeness (QED) is 0.658. The van der Waals surface area contributed by atoms with Gasteiger partial charge in [-0.1, -0.05) is 11.6 Å². The van der Waals surface area contributed by atoms with E-state index in [1.165, 1.54) is 10.6 Å². The van der Waals surface area contributed by atoms with Crippen LogP contribution in [0.15, 0.2) is 36.9 Å². The summed E-state index contributed by atoms with van der Waals surface area (Å²) < 4.78 is 32.5. The minimum Gasteiger partial charge on any atom is -0.489 e. The maximum atomic E-state index is 12.6. The first kappa shape index (κ1) is 21.6. The van der Waals surface area contributed by atoms with Gasteiger partial charge in [0.05, 0.1) is 17.6 Å². The number of aromatic nitrogens is 2. The summed E-state index contributed by atoms with van der Waals surface area (Å²) in [4.78, 5) is 18.2. The van der Waals surface area contributed by atoms with Gasteiger partial charge in [-0.05, 0) is 31.0 Å². The number of imidazole rings is 1. The van der Waals surface area contributed by atoms with Crippen molar-refractivity contribution in [1.82, 2.24) is 18.8 Å². The average molecular weight is 441 g/mol. The van der Waals surface area contributed by atoms with Gasteiger partial charge >= 0.3 is 0 Å². The van der Waals surface area contributed by atoms with Crippen LogP contribution in [0.2, 0.25) is 5.02 Å². The van der Waals surface area contributed by atoms with Crippen LogP contribution in [0.3, 0.4) is 0 Å². The predicted molar refractivity (Wildman–Crippen MR) is 111 cm³/mol. The van der Waals surface area contributed by atoms with E-state index >= 15 is 0 Å². The zero-order valence-electron chi connectivity index (χ0n) is 16.5. The van der Waals surface area contributed by atoms with E-state index in [0.717, 1.165) is 0 Å². The molecule has 0 N–H and O–H groups in total. The highest BCUT2D eigenvalue weighted by Gasteiger charge is 2.26. The van der Waals surface area contributed by atoms with Crippen LogP contribution in [0.5, 0.6) is 5.75 Å². The Kier molecular flexibility index (Phi) is 6.81. The molecule has 2 heterocycles. The molecule has 0 spiro atoms. The molecule has 1 fully saturated rings. The van der Waals surface area contributed by atoms with E-state index in [-0.39, 0.29) is 12.0 Å². The van der Waals surface area contributed by atoms with Crippen LogP contribution in [0, 0.1) is 0 Å². The normalized spacial score (nSPS) is 16.0.